The van der Waals surface area contributed by atoms with Gasteiger partial charge in [0.05, 0.1) is 0 Å². The van der Waals surface area contributed by atoms with Gasteiger partial charge in [-0.15, -0.1) is 0 Å². The van der Waals surface area contributed by atoms with Gasteiger partial charge < -0.3 is 5.43 Å². The van der Waals surface area contributed by atoms with Gasteiger partial charge in [-0.1, -0.05) is 18.7 Å². The van der Waals surface area contributed by atoms with E-state index >= 15 is 0 Å². The molecule has 0 aliphatic carbocycles. The van der Waals surface area contributed by atoms with Crippen molar-refractivity contribution in [2.75, 3.05) is 5.43 Å². The van der Waals surface area contributed by atoms with E-state index in [2.05, 4.69) is 15.4 Å². The second kappa shape index (κ2) is 6.62. The molecule has 0 aliphatic rings. The summed E-state index contributed by atoms with van der Waals surface area (Å²) in [7, 11) is 0. The summed E-state index contributed by atoms with van der Waals surface area (Å²) in [4.78, 5) is 9.14. The smallest absolute Gasteiger partial charge is 0.159 e. The summed E-state index contributed by atoms with van der Waals surface area (Å²) < 4.78 is 26.1. The summed E-state index contributed by atoms with van der Waals surface area (Å²) in [5.41, 5.74) is 2.47. The lowest BCUT2D eigenvalue weighted by Crippen LogP contribution is -2.10. The maximum absolute atomic E-state index is 13.2. The third kappa shape index (κ3) is 3.64. The fourth-order valence-electron chi connectivity index (χ4n) is 1.60. The Morgan fingerprint density at radius 3 is 2.65 bits per heavy atom. The Morgan fingerprint density at radius 2 is 2.00 bits per heavy atom. The quantitative estimate of drug-likeness (QED) is 0.504. The molecular formula is C13H14F2N4S. The van der Waals surface area contributed by atoms with Gasteiger partial charge in [-0.05, 0) is 24.6 Å². The second-order valence-electron chi connectivity index (χ2n) is 4.08. The number of aryl methyl sites for hydroxylation is 1. The Kier molecular flexibility index (Phi) is 4.86. The summed E-state index contributed by atoms with van der Waals surface area (Å²) in [5, 5.41) is 0.627. The molecule has 106 valence electrons. The van der Waals surface area contributed by atoms with Crippen LogP contribution < -0.4 is 11.3 Å². The van der Waals surface area contributed by atoms with Gasteiger partial charge in [0, 0.05) is 17.4 Å². The van der Waals surface area contributed by atoms with E-state index in [1.165, 1.54) is 17.8 Å². The number of nitrogens with one attached hydrogen (secondary N) is 1. The van der Waals surface area contributed by atoms with Crippen LogP contribution in [0.5, 0.6) is 0 Å². The topological polar surface area (TPSA) is 63.8 Å². The van der Waals surface area contributed by atoms with E-state index < -0.39 is 11.6 Å². The molecule has 1 aromatic carbocycles. The van der Waals surface area contributed by atoms with Crippen LogP contribution in [0, 0.1) is 11.6 Å². The summed E-state index contributed by atoms with van der Waals surface area (Å²) in [6, 6.07) is 5.39. The van der Waals surface area contributed by atoms with Gasteiger partial charge in [0.25, 0.3) is 0 Å². The fraction of sp³-hybridized carbons (Fsp3) is 0.231. The maximum Gasteiger partial charge on any atom is 0.159 e. The molecule has 0 aliphatic heterocycles. The van der Waals surface area contributed by atoms with E-state index in [1.54, 1.807) is 6.07 Å². The normalized spacial score (nSPS) is 10.6. The monoisotopic (exact) mass is 296 g/mol. The molecule has 2 aromatic rings. The van der Waals surface area contributed by atoms with Crippen LogP contribution in [0.1, 0.15) is 19.2 Å². The minimum absolute atomic E-state index is 0.494. The van der Waals surface area contributed by atoms with Crippen molar-refractivity contribution in [3.8, 4) is 0 Å². The van der Waals surface area contributed by atoms with Gasteiger partial charge in [0.15, 0.2) is 11.6 Å². The number of aromatic nitrogens is 2. The average Bonchev–Trinajstić information content (AvgIpc) is 2.43. The van der Waals surface area contributed by atoms with Crippen LogP contribution in [-0.4, -0.2) is 9.97 Å². The van der Waals surface area contributed by atoms with Crippen LogP contribution in [0.2, 0.25) is 0 Å². The summed E-state index contributed by atoms with van der Waals surface area (Å²) in [6.07, 6.45) is 1.63. The molecule has 0 radical (unpaired) electrons. The van der Waals surface area contributed by atoms with Crippen LogP contribution >= 0.6 is 11.8 Å². The minimum Gasteiger partial charge on any atom is -0.308 e. The van der Waals surface area contributed by atoms with Gasteiger partial charge in [-0.2, -0.15) is 0 Å². The highest BCUT2D eigenvalue weighted by atomic mass is 32.2. The largest absolute Gasteiger partial charge is 0.308 e. The first-order chi connectivity index (χ1) is 9.62. The number of rotatable bonds is 5. The highest BCUT2D eigenvalue weighted by Crippen LogP contribution is 2.28. The van der Waals surface area contributed by atoms with Gasteiger partial charge in [0.1, 0.15) is 16.7 Å². The maximum atomic E-state index is 13.2. The highest BCUT2D eigenvalue weighted by Gasteiger charge is 2.08. The lowest BCUT2D eigenvalue weighted by molar-refractivity contribution is 0.506. The SMILES string of the molecule is CCCc1nc(NN)cc(Sc2ccc(F)c(F)c2)n1. The summed E-state index contributed by atoms with van der Waals surface area (Å²) >= 11 is 1.23. The molecule has 0 bridgehead atoms. The van der Waals surface area contributed by atoms with E-state index in [0.717, 1.165) is 25.0 Å². The summed E-state index contributed by atoms with van der Waals surface area (Å²) in [6.45, 7) is 2.02. The van der Waals surface area contributed by atoms with Crippen molar-refractivity contribution in [3.63, 3.8) is 0 Å². The molecule has 1 heterocycles. The first-order valence-electron chi connectivity index (χ1n) is 6.10. The average molecular weight is 296 g/mol. The number of nitrogens with two attached hydrogens (primary N) is 1. The summed E-state index contributed by atoms with van der Waals surface area (Å²) in [5.74, 6) is 4.77. The molecule has 3 N–H and O–H groups in total. The second-order valence-corrected chi connectivity index (χ2v) is 5.17. The first kappa shape index (κ1) is 14.7. The van der Waals surface area contributed by atoms with Crippen molar-refractivity contribution >= 4 is 17.6 Å². The predicted molar refractivity (Wildman–Crippen MR) is 74.3 cm³/mol. The molecule has 0 saturated carbocycles. The van der Waals surface area contributed by atoms with Crippen LogP contribution in [0.15, 0.2) is 34.2 Å². The number of hydrazine groups is 1. The van der Waals surface area contributed by atoms with Crippen LogP contribution in [0.25, 0.3) is 0 Å². The molecule has 0 amide bonds. The molecule has 1 aromatic heterocycles. The van der Waals surface area contributed by atoms with E-state index in [9.17, 15) is 8.78 Å². The molecule has 0 saturated heterocycles. The molecule has 0 atom stereocenters. The number of anilines is 1. The first-order valence-corrected chi connectivity index (χ1v) is 6.91. The Morgan fingerprint density at radius 1 is 1.20 bits per heavy atom. The van der Waals surface area contributed by atoms with Crippen molar-refractivity contribution < 1.29 is 8.78 Å². The molecule has 0 spiro atoms. The van der Waals surface area contributed by atoms with Crippen molar-refractivity contribution in [3.05, 3.63) is 41.7 Å². The zero-order valence-electron chi connectivity index (χ0n) is 10.9. The fourth-order valence-corrected chi connectivity index (χ4v) is 2.46. The molecule has 4 nitrogen and oxygen atoms in total. The van der Waals surface area contributed by atoms with E-state index in [-0.39, 0.29) is 0 Å². The zero-order valence-corrected chi connectivity index (χ0v) is 11.7. The van der Waals surface area contributed by atoms with E-state index in [1.807, 2.05) is 6.92 Å². The Bertz CT molecular complexity index is 607. The van der Waals surface area contributed by atoms with Crippen LogP contribution in [0.3, 0.4) is 0 Å². The Hall–Kier alpha value is -1.73. The number of halogens is 2. The van der Waals surface area contributed by atoms with Crippen molar-refractivity contribution in [2.45, 2.75) is 29.7 Å². The van der Waals surface area contributed by atoms with Crippen LogP contribution in [0.4, 0.5) is 14.6 Å². The zero-order chi connectivity index (χ0) is 14.5. The predicted octanol–water partition coefficient (Wildman–Crippen LogP) is 3.14. The van der Waals surface area contributed by atoms with Gasteiger partial charge in [0.2, 0.25) is 0 Å². The number of hydrogen-bond donors (Lipinski definition) is 2. The molecule has 20 heavy (non-hydrogen) atoms. The van der Waals surface area contributed by atoms with Gasteiger partial charge in [-0.25, -0.2) is 24.6 Å². The van der Waals surface area contributed by atoms with Crippen LogP contribution in [-0.2, 0) is 6.42 Å². The number of hydrogen-bond acceptors (Lipinski definition) is 5. The van der Waals surface area contributed by atoms with E-state index in [0.29, 0.717) is 21.6 Å². The standard InChI is InChI=1S/C13H14F2N4S/c1-2-3-11-17-12(19-16)7-13(18-11)20-8-4-5-9(14)10(15)6-8/h4-7H,2-3,16H2,1H3,(H,17,18,19). The number of benzene rings is 1. The number of nitrogens with zero attached hydrogens (tertiary/aromatic N) is 2. The van der Waals surface area contributed by atoms with Gasteiger partial charge >= 0.3 is 0 Å². The third-order valence-corrected chi connectivity index (χ3v) is 3.39. The lowest BCUT2D eigenvalue weighted by Gasteiger charge is -2.07. The van der Waals surface area contributed by atoms with Crippen molar-refractivity contribution in [1.29, 1.82) is 0 Å². The van der Waals surface area contributed by atoms with Crippen molar-refractivity contribution in [1.82, 2.24) is 9.97 Å². The minimum atomic E-state index is -0.880. The van der Waals surface area contributed by atoms with Gasteiger partial charge in [-0.3, -0.25) is 0 Å². The van der Waals surface area contributed by atoms with Crippen molar-refractivity contribution in [2.24, 2.45) is 5.84 Å². The lowest BCUT2D eigenvalue weighted by atomic mass is 10.3. The highest BCUT2D eigenvalue weighted by molar-refractivity contribution is 7.99. The van der Waals surface area contributed by atoms with E-state index in [4.69, 9.17) is 5.84 Å². The molecule has 0 unspecified atom stereocenters. The Balaban J connectivity index is 2.27. The molecule has 7 heteroatoms. The Labute approximate surface area is 119 Å². The molecular weight excluding hydrogens is 282 g/mol. The number of nitrogen functional groups attached to an aromatic ring is 1. The third-order valence-electron chi connectivity index (χ3n) is 2.48. The molecule has 2 rings (SSSR count). The molecule has 0 fully saturated rings.